The number of rotatable bonds is 4. The van der Waals surface area contributed by atoms with Gasteiger partial charge in [0.2, 0.25) is 0 Å². The summed E-state index contributed by atoms with van der Waals surface area (Å²) >= 11 is 0. The molecule has 2 unspecified atom stereocenters. The second kappa shape index (κ2) is 10.1. The largest absolute Gasteiger partial charge is 0.444 e. The number of aliphatic hydroxyl groups excluding tert-OH is 1. The first-order valence-electron chi connectivity index (χ1n) is 6.24. The highest BCUT2D eigenvalue weighted by atomic mass is 16.6. The van der Waals surface area contributed by atoms with Gasteiger partial charge in [-0.25, -0.2) is 4.79 Å². The van der Waals surface area contributed by atoms with Gasteiger partial charge in [0, 0.05) is 19.1 Å². The summed E-state index contributed by atoms with van der Waals surface area (Å²) in [4.78, 5) is 10.8. The summed E-state index contributed by atoms with van der Waals surface area (Å²) in [5, 5.41) is 11.3. The number of hydrogen-bond donors (Lipinski definition) is 4. The Hall–Kier alpha value is -0.850. The third kappa shape index (κ3) is 15.1. The molecule has 0 aliphatic rings. The van der Waals surface area contributed by atoms with Crippen LogP contribution in [0.5, 0.6) is 0 Å². The summed E-state index contributed by atoms with van der Waals surface area (Å²) in [6.45, 7) is 10.0. The maximum atomic E-state index is 10.8. The summed E-state index contributed by atoms with van der Waals surface area (Å²) in [6, 6.07) is -0.0787. The van der Waals surface area contributed by atoms with Crippen LogP contribution in [0.1, 0.15) is 41.0 Å². The van der Waals surface area contributed by atoms with Gasteiger partial charge in [-0.1, -0.05) is 6.92 Å². The number of ether oxygens (including phenoxy) is 1. The highest BCUT2D eigenvalue weighted by molar-refractivity contribution is 5.67. The van der Waals surface area contributed by atoms with Crippen molar-refractivity contribution in [2.75, 3.05) is 13.1 Å². The van der Waals surface area contributed by atoms with E-state index in [9.17, 15) is 4.79 Å². The minimum atomic E-state index is -0.432. The SMILES string of the molecule is CC(C)(C)OC(=O)NCCN.CCC(O)C(C)N. The lowest BCUT2D eigenvalue weighted by Crippen LogP contribution is -2.35. The molecule has 18 heavy (non-hydrogen) atoms. The van der Waals surface area contributed by atoms with E-state index in [4.69, 9.17) is 21.3 Å². The zero-order chi connectivity index (χ0) is 14.8. The fourth-order valence-electron chi connectivity index (χ4n) is 0.860. The van der Waals surface area contributed by atoms with E-state index >= 15 is 0 Å². The van der Waals surface area contributed by atoms with Crippen LogP contribution < -0.4 is 16.8 Å². The van der Waals surface area contributed by atoms with Crippen LogP contribution in [0.4, 0.5) is 4.79 Å². The van der Waals surface area contributed by atoms with Crippen LogP contribution in [0.15, 0.2) is 0 Å². The molecule has 0 aromatic carbocycles. The molecule has 0 rings (SSSR count). The molecule has 0 fully saturated rings. The second-order valence-electron chi connectivity index (χ2n) is 5.05. The van der Waals surface area contributed by atoms with Gasteiger partial charge in [-0.2, -0.15) is 0 Å². The fraction of sp³-hybridized carbons (Fsp3) is 0.917. The third-order valence-corrected chi connectivity index (χ3v) is 1.84. The van der Waals surface area contributed by atoms with E-state index in [0.29, 0.717) is 13.1 Å². The van der Waals surface area contributed by atoms with E-state index in [1.165, 1.54) is 0 Å². The van der Waals surface area contributed by atoms with Crippen LogP contribution in [0.25, 0.3) is 0 Å². The van der Waals surface area contributed by atoms with Gasteiger partial charge in [0.1, 0.15) is 5.60 Å². The molecule has 0 aromatic heterocycles. The van der Waals surface area contributed by atoms with Gasteiger partial charge in [0.15, 0.2) is 0 Å². The number of nitrogens with one attached hydrogen (secondary N) is 1. The molecule has 110 valence electrons. The van der Waals surface area contributed by atoms with E-state index in [0.717, 1.165) is 6.42 Å². The zero-order valence-corrected chi connectivity index (χ0v) is 12.2. The third-order valence-electron chi connectivity index (χ3n) is 1.84. The predicted octanol–water partition coefficient (Wildman–Crippen LogP) is 0.574. The number of aliphatic hydroxyl groups is 1. The van der Waals surface area contributed by atoms with Crippen molar-refractivity contribution in [3.63, 3.8) is 0 Å². The Morgan fingerprint density at radius 1 is 1.44 bits per heavy atom. The van der Waals surface area contributed by atoms with E-state index in [1.54, 1.807) is 6.92 Å². The molecular formula is C12H29N3O3. The Kier molecular flexibility index (Phi) is 10.9. The lowest BCUT2D eigenvalue weighted by molar-refractivity contribution is 0.0529. The maximum Gasteiger partial charge on any atom is 0.407 e. The first kappa shape index (κ1) is 19.5. The summed E-state index contributed by atoms with van der Waals surface area (Å²) in [5.41, 5.74) is 10.0. The van der Waals surface area contributed by atoms with Crippen molar-refractivity contribution >= 4 is 6.09 Å². The quantitative estimate of drug-likeness (QED) is 0.593. The molecule has 6 heteroatoms. The van der Waals surface area contributed by atoms with Crippen molar-refractivity contribution in [1.29, 1.82) is 0 Å². The average Bonchev–Trinajstić information content (AvgIpc) is 2.23. The Labute approximate surface area is 110 Å². The van der Waals surface area contributed by atoms with Gasteiger partial charge < -0.3 is 26.6 Å². The maximum absolute atomic E-state index is 10.8. The van der Waals surface area contributed by atoms with E-state index < -0.39 is 11.7 Å². The van der Waals surface area contributed by atoms with Gasteiger partial charge in [-0.05, 0) is 34.1 Å². The van der Waals surface area contributed by atoms with Gasteiger partial charge in [0.25, 0.3) is 0 Å². The molecule has 0 spiro atoms. The predicted molar refractivity (Wildman–Crippen MR) is 73.2 cm³/mol. The molecule has 6 nitrogen and oxygen atoms in total. The Morgan fingerprint density at radius 3 is 2.17 bits per heavy atom. The number of hydrogen-bond acceptors (Lipinski definition) is 5. The van der Waals surface area contributed by atoms with Crippen LogP contribution in [-0.4, -0.2) is 42.0 Å². The normalized spacial score (nSPS) is 14.0. The number of nitrogens with two attached hydrogens (primary N) is 2. The number of alkyl carbamates (subject to hydrolysis) is 1. The summed E-state index contributed by atoms with van der Waals surface area (Å²) < 4.78 is 4.93. The van der Waals surface area contributed by atoms with Crippen molar-refractivity contribution in [3.05, 3.63) is 0 Å². The standard InChI is InChI=1S/C7H16N2O2.C5H13NO/c1-7(2,3)11-6(10)9-5-4-8;1-3-5(7)4(2)6/h4-5,8H2,1-3H3,(H,9,10);4-5,7H,3,6H2,1-2H3. The van der Waals surface area contributed by atoms with Crippen LogP contribution >= 0.6 is 0 Å². The number of carbonyl (C=O) groups is 1. The summed E-state index contributed by atoms with van der Waals surface area (Å²) in [5.74, 6) is 0. The smallest absolute Gasteiger partial charge is 0.407 e. The molecular weight excluding hydrogens is 234 g/mol. The lowest BCUT2D eigenvalue weighted by Gasteiger charge is -2.19. The Morgan fingerprint density at radius 2 is 1.94 bits per heavy atom. The first-order chi connectivity index (χ1) is 8.14. The van der Waals surface area contributed by atoms with Crippen LogP contribution in [0, 0.1) is 0 Å². The molecule has 0 radical (unpaired) electrons. The first-order valence-corrected chi connectivity index (χ1v) is 6.24. The molecule has 0 heterocycles. The molecule has 0 aliphatic heterocycles. The monoisotopic (exact) mass is 263 g/mol. The molecule has 0 bridgehead atoms. The van der Waals surface area contributed by atoms with Crippen molar-refractivity contribution < 1.29 is 14.6 Å². The second-order valence-corrected chi connectivity index (χ2v) is 5.05. The molecule has 0 aliphatic carbocycles. The van der Waals surface area contributed by atoms with Crippen molar-refractivity contribution in [2.24, 2.45) is 11.5 Å². The Bertz CT molecular complexity index is 215. The van der Waals surface area contributed by atoms with Crippen molar-refractivity contribution in [2.45, 2.75) is 58.8 Å². The van der Waals surface area contributed by atoms with Crippen LogP contribution in [0.2, 0.25) is 0 Å². The molecule has 1 amide bonds. The fourth-order valence-corrected chi connectivity index (χ4v) is 0.860. The van der Waals surface area contributed by atoms with Gasteiger partial charge in [0.05, 0.1) is 6.10 Å². The lowest BCUT2D eigenvalue weighted by atomic mass is 10.1. The topological polar surface area (TPSA) is 111 Å². The van der Waals surface area contributed by atoms with Gasteiger partial charge in [-0.3, -0.25) is 0 Å². The van der Waals surface area contributed by atoms with Crippen molar-refractivity contribution in [3.8, 4) is 0 Å². The minimum absolute atomic E-state index is 0.0787. The Balaban J connectivity index is 0. The van der Waals surface area contributed by atoms with E-state index in [-0.39, 0.29) is 12.1 Å². The highest BCUT2D eigenvalue weighted by Crippen LogP contribution is 2.05. The van der Waals surface area contributed by atoms with E-state index in [1.807, 2.05) is 27.7 Å². The number of amides is 1. The molecule has 0 saturated carbocycles. The van der Waals surface area contributed by atoms with Crippen LogP contribution in [-0.2, 0) is 4.74 Å². The molecule has 6 N–H and O–H groups in total. The van der Waals surface area contributed by atoms with Crippen LogP contribution in [0.3, 0.4) is 0 Å². The van der Waals surface area contributed by atoms with Crippen molar-refractivity contribution in [1.82, 2.24) is 5.32 Å². The van der Waals surface area contributed by atoms with Gasteiger partial charge in [-0.15, -0.1) is 0 Å². The molecule has 0 aromatic rings. The van der Waals surface area contributed by atoms with Gasteiger partial charge >= 0.3 is 6.09 Å². The minimum Gasteiger partial charge on any atom is -0.444 e. The average molecular weight is 263 g/mol. The number of carbonyl (C=O) groups excluding carboxylic acids is 1. The summed E-state index contributed by atoms with van der Waals surface area (Å²) in [7, 11) is 0. The molecule has 2 atom stereocenters. The molecule has 0 saturated heterocycles. The summed E-state index contributed by atoms with van der Waals surface area (Å²) in [6.07, 6.45) is 0.0143. The van der Waals surface area contributed by atoms with E-state index in [2.05, 4.69) is 5.32 Å². The zero-order valence-electron chi connectivity index (χ0n) is 12.2. The highest BCUT2D eigenvalue weighted by Gasteiger charge is 2.14.